The van der Waals surface area contributed by atoms with E-state index in [1.165, 1.54) is 6.42 Å². The highest BCUT2D eigenvalue weighted by atomic mass is 16.5. The van der Waals surface area contributed by atoms with Gasteiger partial charge in [-0.25, -0.2) is 5.06 Å². The summed E-state index contributed by atoms with van der Waals surface area (Å²) in [5.74, 6) is -0.453. The molecule has 1 aromatic carbocycles. The van der Waals surface area contributed by atoms with Crippen LogP contribution in [0.4, 0.5) is 0 Å². The number of aliphatic hydroxyl groups excluding tert-OH is 1. The van der Waals surface area contributed by atoms with Gasteiger partial charge in [0, 0.05) is 23.4 Å². The smallest absolute Gasteiger partial charge is 0.277 e. The number of rotatable bonds is 6. The van der Waals surface area contributed by atoms with Gasteiger partial charge in [-0.3, -0.25) is 14.8 Å². The summed E-state index contributed by atoms with van der Waals surface area (Å²) in [7, 11) is 0. The highest BCUT2D eigenvalue weighted by Gasteiger charge is 2.47. The second kappa shape index (κ2) is 9.03. The van der Waals surface area contributed by atoms with Crippen LogP contribution in [0.2, 0.25) is 0 Å². The number of nitrogens with zero attached hydrogens (tertiary/aromatic N) is 1. The number of carbonyl (C=O) groups excluding carboxylic acids is 2. The fraction of sp³-hybridized carbons (Fsp3) is 0.619. The van der Waals surface area contributed by atoms with Crippen LogP contribution in [0.5, 0.6) is 0 Å². The normalized spacial score (nSPS) is 28.1. The van der Waals surface area contributed by atoms with Gasteiger partial charge >= 0.3 is 0 Å². The maximum absolute atomic E-state index is 12.3. The number of amides is 2. The zero-order valence-electron chi connectivity index (χ0n) is 16.3. The van der Waals surface area contributed by atoms with Crippen LogP contribution in [0.3, 0.4) is 0 Å². The molecule has 1 saturated carbocycles. The Morgan fingerprint density at radius 2 is 1.89 bits per heavy atom. The largest absolute Gasteiger partial charge is 0.390 e. The fourth-order valence-electron chi connectivity index (χ4n) is 4.09. The summed E-state index contributed by atoms with van der Waals surface area (Å²) in [5.41, 5.74) is -0.447. The molecule has 28 heavy (non-hydrogen) atoms. The van der Waals surface area contributed by atoms with E-state index in [1.807, 2.05) is 0 Å². The van der Waals surface area contributed by atoms with Gasteiger partial charge in [0.15, 0.2) is 0 Å². The Kier molecular flexibility index (Phi) is 6.69. The molecule has 1 heterocycles. The van der Waals surface area contributed by atoms with Crippen molar-refractivity contribution in [2.45, 2.75) is 51.2 Å². The van der Waals surface area contributed by atoms with Crippen molar-refractivity contribution in [2.24, 2.45) is 11.3 Å². The first-order chi connectivity index (χ1) is 13.4. The van der Waals surface area contributed by atoms with Gasteiger partial charge in [0.05, 0.1) is 19.3 Å². The van der Waals surface area contributed by atoms with E-state index in [9.17, 15) is 19.9 Å². The monoisotopic (exact) mass is 390 g/mol. The molecule has 2 amide bonds. The van der Waals surface area contributed by atoms with Crippen LogP contribution >= 0.6 is 0 Å². The van der Waals surface area contributed by atoms with Gasteiger partial charge in [0.2, 0.25) is 5.91 Å². The Labute approximate surface area is 165 Å². The predicted octanol–water partition coefficient (Wildman–Crippen LogP) is 1.98. The first-order valence-corrected chi connectivity index (χ1v) is 10.0. The van der Waals surface area contributed by atoms with Crippen LogP contribution in [-0.4, -0.2) is 59.1 Å². The molecular formula is C21H30N2O5. The number of hydrogen-bond donors (Lipinski definition) is 3. The minimum absolute atomic E-state index is 0.0205. The summed E-state index contributed by atoms with van der Waals surface area (Å²) < 4.78 is 5.69. The lowest BCUT2D eigenvalue weighted by Gasteiger charge is -2.31. The molecule has 3 N–H and O–H groups in total. The second-order valence-corrected chi connectivity index (χ2v) is 8.26. The molecular weight excluding hydrogens is 360 g/mol. The number of ether oxygens (including phenoxy) is 1. The van der Waals surface area contributed by atoms with Crippen molar-refractivity contribution in [1.82, 2.24) is 10.4 Å². The van der Waals surface area contributed by atoms with Crippen LogP contribution in [-0.2, 0) is 9.53 Å². The summed E-state index contributed by atoms with van der Waals surface area (Å²) >= 11 is 0. The summed E-state index contributed by atoms with van der Waals surface area (Å²) in [6.45, 7) is 2.12. The molecule has 1 aromatic rings. The number of benzene rings is 1. The van der Waals surface area contributed by atoms with Crippen LogP contribution in [0.25, 0.3) is 0 Å². The number of carbonyl (C=O) groups is 2. The minimum Gasteiger partial charge on any atom is -0.390 e. The average molecular weight is 390 g/mol. The highest BCUT2D eigenvalue weighted by Crippen LogP contribution is 2.34. The average Bonchev–Trinajstić information content (AvgIpc) is 3.00. The molecule has 3 atom stereocenters. The number of aliphatic hydroxyl groups is 1. The SMILES string of the molecule is C[C@@]1(CN(O)C(=O)c2ccccc2)CO[C@H](CNC(=O)C2CCCCC2)[C@H]1O. The van der Waals surface area contributed by atoms with E-state index in [0.717, 1.165) is 25.7 Å². The van der Waals surface area contributed by atoms with Gasteiger partial charge in [-0.1, -0.05) is 44.4 Å². The van der Waals surface area contributed by atoms with E-state index in [2.05, 4.69) is 5.32 Å². The zero-order valence-corrected chi connectivity index (χ0v) is 16.3. The first kappa shape index (κ1) is 20.8. The third kappa shape index (κ3) is 4.71. The summed E-state index contributed by atoms with van der Waals surface area (Å²) in [6.07, 6.45) is 3.72. The molecule has 7 heteroatoms. The van der Waals surface area contributed by atoms with E-state index in [1.54, 1.807) is 37.3 Å². The van der Waals surface area contributed by atoms with Crippen molar-refractivity contribution >= 4 is 11.8 Å². The molecule has 0 spiro atoms. The second-order valence-electron chi connectivity index (χ2n) is 8.26. The fourth-order valence-corrected chi connectivity index (χ4v) is 4.09. The highest BCUT2D eigenvalue weighted by molar-refractivity contribution is 5.93. The van der Waals surface area contributed by atoms with Crippen molar-refractivity contribution < 1.29 is 24.6 Å². The quantitative estimate of drug-likeness (QED) is 0.510. The maximum Gasteiger partial charge on any atom is 0.277 e. The van der Waals surface area contributed by atoms with Crippen LogP contribution in [0.1, 0.15) is 49.4 Å². The molecule has 0 unspecified atom stereocenters. The molecule has 0 bridgehead atoms. The molecule has 7 nitrogen and oxygen atoms in total. The Hall–Kier alpha value is -1.96. The van der Waals surface area contributed by atoms with Crippen molar-refractivity contribution in [3.63, 3.8) is 0 Å². The van der Waals surface area contributed by atoms with Gasteiger partial charge in [0.1, 0.15) is 6.10 Å². The standard InChI is InChI=1S/C21H30N2O5/c1-21(13-23(27)20(26)16-10-6-3-7-11-16)14-28-17(18(21)24)12-22-19(25)15-8-4-2-5-9-15/h3,6-7,10-11,15,17-18,24,27H,2,4-5,8-9,12-14H2,1H3,(H,22,25)/t17-,18-,21-/m1/s1. The summed E-state index contributed by atoms with van der Waals surface area (Å²) in [6, 6.07) is 8.49. The van der Waals surface area contributed by atoms with Crippen LogP contribution < -0.4 is 5.32 Å². The molecule has 3 rings (SSSR count). The summed E-state index contributed by atoms with van der Waals surface area (Å²) in [4.78, 5) is 24.7. The number of hydrogen-bond acceptors (Lipinski definition) is 5. The zero-order chi connectivity index (χ0) is 20.1. The predicted molar refractivity (Wildman–Crippen MR) is 103 cm³/mol. The van der Waals surface area contributed by atoms with E-state index in [0.29, 0.717) is 10.6 Å². The molecule has 0 aromatic heterocycles. The van der Waals surface area contributed by atoms with Gasteiger partial charge < -0.3 is 15.2 Å². The van der Waals surface area contributed by atoms with Gasteiger partial charge in [-0.05, 0) is 25.0 Å². The lowest BCUT2D eigenvalue weighted by Crippen LogP contribution is -2.48. The van der Waals surface area contributed by atoms with E-state index in [4.69, 9.17) is 4.74 Å². The van der Waals surface area contributed by atoms with Gasteiger partial charge in [-0.2, -0.15) is 0 Å². The minimum atomic E-state index is -0.905. The van der Waals surface area contributed by atoms with E-state index >= 15 is 0 Å². The Morgan fingerprint density at radius 1 is 1.21 bits per heavy atom. The Bertz CT molecular complexity index is 677. The Balaban J connectivity index is 1.52. The lowest BCUT2D eigenvalue weighted by molar-refractivity contribution is -0.126. The summed E-state index contributed by atoms with van der Waals surface area (Å²) in [5, 5.41) is 24.5. The third-order valence-electron chi connectivity index (χ3n) is 5.91. The molecule has 1 aliphatic carbocycles. The molecule has 1 saturated heterocycles. The van der Waals surface area contributed by atoms with Crippen molar-refractivity contribution in [1.29, 1.82) is 0 Å². The topological polar surface area (TPSA) is 99.1 Å². The maximum atomic E-state index is 12.3. The molecule has 154 valence electrons. The van der Waals surface area contributed by atoms with E-state index < -0.39 is 23.5 Å². The molecule has 1 aliphatic heterocycles. The molecule has 2 fully saturated rings. The lowest BCUT2D eigenvalue weighted by atomic mass is 9.84. The van der Waals surface area contributed by atoms with Crippen molar-refractivity contribution in [2.75, 3.05) is 19.7 Å². The third-order valence-corrected chi connectivity index (χ3v) is 5.91. The Morgan fingerprint density at radius 3 is 2.57 bits per heavy atom. The first-order valence-electron chi connectivity index (χ1n) is 10.0. The van der Waals surface area contributed by atoms with Gasteiger partial charge in [0.25, 0.3) is 5.91 Å². The van der Waals surface area contributed by atoms with Gasteiger partial charge in [-0.15, -0.1) is 0 Å². The number of nitrogens with one attached hydrogen (secondary N) is 1. The van der Waals surface area contributed by atoms with Crippen LogP contribution in [0, 0.1) is 11.3 Å². The molecule has 2 aliphatic rings. The number of hydroxylamine groups is 2. The van der Waals surface area contributed by atoms with Crippen molar-refractivity contribution in [3.8, 4) is 0 Å². The van der Waals surface area contributed by atoms with Crippen LogP contribution in [0.15, 0.2) is 30.3 Å². The van der Waals surface area contributed by atoms with Crippen molar-refractivity contribution in [3.05, 3.63) is 35.9 Å². The molecule has 0 radical (unpaired) electrons. The van der Waals surface area contributed by atoms with E-state index in [-0.39, 0.29) is 31.5 Å².